The zero-order valence-electron chi connectivity index (χ0n) is 33.6. The van der Waals surface area contributed by atoms with E-state index in [-0.39, 0.29) is 51.0 Å². The van der Waals surface area contributed by atoms with Crippen LogP contribution in [0.1, 0.15) is 132 Å². The molecule has 3 atom stereocenters. The first-order chi connectivity index (χ1) is 24.5. The number of hydrogen-bond donors (Lipinski definition) is 4. The molecule has 2 amide bonds. The van der Waals surface area contributed by atoms with Gasteiger partial charge in [-0.2, -0.15) is 0 Å². The van der Waals surface area contributed by atoms with Gasteiger partial charge in [0.2, 0.25) is 0 Å². The lowest BCUT2D eigenvalue weighted by atomic mass is 10.1. The van der Waals surface area contributed by atoms with Crippen molar-refractivity contribution in [2.45, 2.75) is 109 Å². The van der Waals surface area contributed by atoms with Crippen LogP contribution in [0.3, 0.4) is 0 Å². The summed E-state index contributed by atoms with van der Waals surface area (Å²) in [4.78, 5) is 46.4. The van der Waals surface area contributed by atoms with E-state index >= 15 is 0 Å². The zero-order chi connectivity index (χ0) is 40.2. The molecule has 2 aromatic carbocycles. The van der Waals surface area contributed by atoms with Crippen molar-refractivity contribution in [1.29, 1.82) is 0 Å². The topological polar surface area (TPSA) is 144 Å². The van der Waals surface area contributed by atoms with E-state index in [1.165, 1.54) is 13.8 Å². The van der Waals surface area contributed by atoms with Crippen LogP contribution in [0.25, 0.3) is 0 Å². The van der Waals surface area contributed by atoms with Crippen molar-refractivity contribution in [3.8, 4) is 12.8 Å². The molecule has 0 heterocycles. The molecule has 0 aromatic heterocycles. The van der Waals surface area contributed by atoms with Crippen molar-refractivity contribution >= 4 is 23.4 Å². The smallest absolute Gasteiger partial charge is 0.252 e. The Morgan fingerprint density at radius 2 is 0.868 bits per heavy atom. The van der Waals surface area contributed by atoms with E-state index in [4.69, 9.17) is 14.2 Å². The molecule has 0 aliphatic rings. The molecule has 53 heavy (non-hydrogen) atoms. The Labute approximate surface area is 324 Å². The Hall–Kier alpha value is -3.92. The molecule has 4 N–H and O–H groups in total. The number of likely N-dealkylation sites (N-methyl/N-ethyl adjacent to an activating group) is 2. The number of amides is 2. The van der Waals surface area contributed by atoms with Gasteiger partial charge < -0.3 is 35.5 Å². The number of benzene rings is 2. The van der Waals surface area contributed by atoms with Crippen LogP contribution < -0.4 is 21.3 Å². The number of carbonyl (C=O) groups is 4. The molecule has 3 unspecified atom stereocenters. The molecule has 11 heteroatoms. The average Bonchev–Trinajstić information content (AvgIpc) is 3.18. The Bertz CT molecular complexity index is 1100. The van der Waals surface area contributed by atoms with Crippen molar-refractivity contribution in [2.75, 3.05) is 53.8 Å². The number of rotatable bonds is 18. The Morgan fingerprint density at radius 3 is 1.19 bits per heavy atom. The van der Waals surface area contributed by atoms with Crippen molar-refractivity contribution in [1.82, 2.24) is 21.3 Å². The number of nitrogens with one attached hydrogen (secondary N) is 4. The fourth-order valence-corrected chi connectivity index (χ4v) is 3.27. The van der Waals surface area contributed by atoms with E-state index < -0.39 is 0 Å². The molecule has 0 fully saturated rings. The number of Topliss-reactive ketones (excluding diaryl/α,β-unsaturated/α-hetero) is 2. The maximum absolute atomic E-state index is 12.0. The molecular weight excluding hydrogens is 672 g/mol. The number of hydrogen-bond acceptors (Lipinski definition) is 9. The third-order valence-electron chi connectivity index (χ3n) is 6.31. The van der Waals surface area contributed by atoms with Crippen LogP contribution in [-0.4, -0.2) is 95.4 Å². The highest BCUT2D eigenvalue weighted by atomic mass is 16.5. The summed E-state index contributed by atoms with van der Waals surface area (Å²) in [5, 5.41) is 11.4. The molecule has 0 radical (unpaired) electrons. The first-order valence-corrected chi connectivity index (χ1v) is 17.7. The number of ketones is 2. The lowest BCUT2D eigenvalue weighted by Crippen LogP contribution is -2.37. The van der Waals surface area contributed by atoms with Gasteiger partial charge in [-0.15, -0.1) is 12.8 Å². The largest absolute Gasteiger partial charge is 0.377 e. The van der Waals surface area contributed by atoms with Crippen LogP contribution in [0.15, 0.2) is 48.5 Å². The van der Waals surface area contributed by atoms with E-state index in [0.29, 0.717) is 67.4 Å². The SMILES string of the molecule is C.C.C#C.CC.CC.CC.CC(=O)c1ccc(C(=O)NCNC(=O)c2ccc(C(C)=O)cc2)cc1.CNC(C)COCCOCC(C)OCC(C)NC. The van der Waals surface area contributed by atoms with Crippen molar-refractivity contribution in [3.63, 3.8) is 0 Å². The van der Waals surface area contributed by atoms with Crippen LogP contribution >= 0.6 is 0 Å². The molecule has 2 rings (SSSR count). The van der Waals surface area contributed by atoms with Gasteiger partial charge in [-0.05, 0) is 73.0 Å². The highest BCUT2D eigenvalue weighted by Gasteiger charge is 2.09. The summed E-state index contributed by atoms with van der Waals surface area (Å²) >= 11 is 0. The van der Waals surface area contributed by atoms with Gasteiger partial charge in [0.25, 0.3) is 11.8 Å². The summed E-state index contributed by atoms with van der Waals surface area (Å²) in [6.45, 7) is 24.3. The van der Waals surface area contributed by atoms with Gasteiger partial charge in [0.05, 0.1) is 45.8 Å². The third kappa shape index (κ3) is 32.5. The maximum atomic E-state index is 12.0. The standard InChI is InChI=1S/C19H18N2O4.C13H30N2O3.3C2H6.C2H2.2CH4/c1-12(22)14-3-7-16(8-4-14)18(24)20-11-21-19(25)17-9-5-15(6-10-17)13(2)23;1-11(14-4)8-16-6-7-17-10-13(3)18-9-12(2)15-5;4*1-2;;/h3-10H,11H2,1-2H3,(H,20,24)(H,21,25);11-15H,6-10H2,1-5H3;3*1-2H3;1-2H;2*1H4. The molecule has 11 nitrogen and oxygen atoms in total. The van der Waals surface area contributed by atoms with Crippen LogP contribution in [0, 0.1) is 12.8 Å². The van der Waals surface area contributed by atoms with Crippen LogP contribution in [0.4, 0.5) is 0 Å². The number of carbonyl (C=O) groups excluding carboxylic acids is 4. The van der Waals surface area contributed by atoms with E-state index in [9.17, 15) is 19.2 Å². The summed E-state index contributed by atoms with van der Waals surface area (Å²) in [6, 6.07) is 13.3. The predicted octanol–water partition coefficient (Wildman–Crippen LogP) is 7.45. The molecule has 306 valence electrons. The molecular formula is C42H76N4O7. The van der Waals surface area contributed by atoms with Crippen molar-refractivity contribution < 1.29 is 33.4 Å². The quantitative estimate of drug-likeness (QED) is 0.0529. The minimum Gasteiger partial charge on any atom is -0.377 e. The first-order valence-electron chi connectivity index (χ1n) is 17.7. The average molecular weight is 749 g/mol. The van der Waals surface area contributed by atoms with Gasteiger partial charge in [0.15, 0.2) is 11.6 Å². The fourth-order valence-electron chi connectivity index (χ4n) is 3.27. The molecule has 0 spiro atoms. The van der Waals surface area contributed by atoms with Crippen molar-refractivity contribution in [3.05, 3.63) is 70.8 Å². The lowest BCUT2D eigenvalue weighted by Gasteiger charge is -2.17. The van der Waals surface area contributed by atoms with Crippen LogP contribution in [-0.2, 0) is 14.2 Å². The Kier molecular flexibility index (Phi) is 49.0. The second kappa shape index (κ2) is 42.5. The van der Waals surface area contributed by atoms with Gasteiger partial charge >= 0.3 is 0 Å². The van der Waals surface area contributed by atoms with E-state index in [0.717, 1.165) is 0 Å². The summed E-state index contributed by atoms with van der Waals surface area (Å²) in [5.41, 5.74) is 1.84. The van der Waals surface area contributed by atoms with E-state index in [1.54, 1.807) is 48.5 Å². The Morgan fingerprint density at radius 1 is 0.566 bits per heavy atom. The second-order valence-electron chi connectivity index (χ2n) is 10.1. The normalized spacial score (nSPS) is 10.7. The second-order valence-corrected chi connectivity index (χ2v) is 10.1. The monoisotopic (exact) mass is 749 g/mol. The van der Waals surface area contributed by atoms with Crippen molar-refractivity contribution in [2.24, 2.45) is 0 Å². The molecule has 0 aliphatic carbocycles. The summed E-state index contributed by atoms with van der Waals surface area (Å²) in [5.74, 6) is -0.866. The molecule has 0 saturated carbocycles. The van der Waals surface area contributed by atoms with Gasteiger partial charge in [-0.1, -0.05) is 80.7 Å². The molecule has 0 aliphatic heterocycles. The van der Waals surface area contributed by atoms with E-state index in [1.807, 2.05) is 62.6 Å². The van der Waals surface area contributed by atoms with Gasteiger partial charge in [0.1, 0.15) is 0 Å². The van der Waals surface area contributed by atoms with Gasteiger partial charge in [0, 0.05) is 34.3 Å². The van der Waals surface area contributed by atoms with Crippen LogP contribution in [0.2, 0.25) is 0 Å². The molecule has 0 saturated heterocycles. The summed E-state index contributed by atoms with van der Waals surface area (Å²) in [7, 11) is 3.86. The third-order valence-corrected chi connectivity index (χ3v) is 6.31. The highest BCUT2D eigenvalue weighted by molar-refractivity contribution is 5.99. The molecule has 2 aromatic rings. The fraction of sp³-hybridized carbons (Fsp3) is 0.571. The van der Waals surface area contributed by atoms with E-state index in [2.05, 4.69) is 48.0 Å². The molecule has 0 bridgehead atoms. The minimum atomic E-state index is -0.359. The maximum Gasteiger partial charge on any atom is 0.252 e. The first kappa shape index (κ1) is 61.1. The van der Waals surface area contributed by atoms with Gasteiger partial charge in [-0.3, -0.25) is 19.2 Å². The number of ether oxygens (including phenoxy) is 3. The Balaban J connectivity index is -0.000000175. The summed E-state index contributed by atoms with van der Waals surface area (Å²) in [6.07, 6.45) is 8.12. The summed E-state index contributed by atoms with van der Waals surface area (Å²) < 4.78 is 16.5. The zero-order valence-corrected chi connectivity index (χ0v) is 33.6. The van der Waals surface area contributed by atoms with Crippen LogP contribution in [0.5, 0.6) is 0 Å². The predicted molar refractivity (Wildman–Crippen MR) is 224 cm³/mol. The van der Waals surface area contributed by atoms with Gasteiger partial charge in [-0.25, -0.2) is 0 Å². The minimum absolute atomic E-state index is 0. The number of terminal acetylenes is 1. The lowest BCUT2D eigenvalue weighted by molar-refractivity contribution is -0.0285. The highest BCUT2D eigenvalue weighted by Crippen LogP contribution is 2.06.